The van der Waals surface area contributed by atoms with Gasteiger partial charge in [0.05, 0.1) is 50.7 Å². The van der Waals surface area contributed by atoms with E-state index in [9.17, 15) is 29.7 Å². The van der Waals surface area contributed by atoms with E-state index in [-0.39, 0.29) is 56.5 Å². The Kier molecular flexibility index (Phi) is 5.28. The van der Waals surface area contributed by atoms with Gasteiger partial charge in [-0.1, -0.05) is 0 Å². The number of rotatable bonds is 5. The van der Waals surface area contributed by atoms with Crippen LogP contribution in [0.3, 0.4) is 0 Å². The maximum absolute atomic E-state index is 13.5. The molecule has 0 bridgehead atoms. The molecule has 1 unspecified atom stereocenters. The van der Waals surface area contributed by atoms with Gasteiger partial charge < -0.3 is 34.3 Å². The molecule has 0 spiro atoms. The number of ether oxygens (including phenoxy) is 4. The monoisotopic (exact) mass is 546 g/mol. The highest BCUT2D eigenvalue weighted by Crippen LogP contribution is 2.59. The summed E-state index contributed by atoms with van der Waals surface area (Å²) in [5, 5.41) is 36.5. The van der Waals surface area contributed by atoms with Gasteiger partial charge in [0.15, 0.2) is 33.9 Å². The summed E-state index contributed by atoms with van der Waals surface area (Å²) < 4.78 is 22.5. The molecule has 1 aliphatic rings. The third-order valence-electron chi connectivity index (χ3n) is 8.20. The Labute approximate surface area is 226 Å². The molecule has 0 amide bonds. The summed E-state index contributed by atoms with van der Waals surface area (Å²) >= 11 is 0. The Hall–Kier alpha value is -4.57. The van der Waals surface area contributed by atoms with E-state index in [0.29, 0.717) is 27.1 Å². The van der Waals surface area contributed by atoms with Gasteiger partial charge >= 0.3 is 0 Å². The second-order valence-corrected chi connectivity index (χ2v) is 10.4. The standard InChI is InChI=1S/C30H26O10/c1-10(31)25-24-22-16-11(9-30(25,2)36)28(39-5)26(34)17-12(32)7-14(37-3)19(21(16)17)20-15(38-4)8-13(33)18(23(20)22)27(35)29(24)40-6/h7-8,25,34-36H,9H2,1-6H3/t25?,30-/m0/s1. The van der Waals surface area contributed by atoms with Crippen molar-refractivity contribution in [2.75, 3.05) is 28.4 Å². The molecule has 0 saturated carbocycles. The Morgan fingerprint density at radius 3 is 1.68 bits per heavy atom. The van der Waals surface area contributed by atoms with Gasteiger partial charge in [-0.15, -0.1) is 0 Å². The minimum Gasteiger partial charge on any atom is -0.504 e. The molecule has 40 heavy (non-hydrogen) atoms. The van der Waals surface area contributed by atoms with Crippen molar-refractivity contribution >= 4 is 48.9 Å². The van der Waals surface area contributed by atoms with Crippen LogP contribution in [-0.2, 0) is 11.2 Å². The lowest BCUT2D eigenvalue weighted by Gasteiger charge is -2.32. The number of ketones is 1. The zero-order chi connectivity index (χ0) is 29.0. The zero-order valence-corrected chi connectivity index (χ0v) is 22.6. The number of aliphatic hydroxyl groups is 1. The molecule has 0 heterocycles. The summed E-state index contributed by atoms with van der Waals surface area (Å²) in [6, 6.07) is 2.43. The Morgan fingerprint density at radius 2 is 1.23 bits per heavy atom. The lowest BCUT2D eigenvalue weighted by molar-refractivity contribution is -0.124. The molecule has 0 radical (unpaired) electrons. The van der Waals surface area contributed by atoms with Crippen molar-refractivity contribution in [3.63, 3.8) is 0 Å². The summed E-state index contributed by atoms with van der Waals surface area (Å²) in [5.74, 6) is -2.55. The molecule has 3 N–H and O–H groups in total. The van der Waals surface area contributed by atoms with Gasteiger partial charge in [-0.2, -0.15) is 0 Å². The van der Waals surface area contributed by atoms with Crippen LogP contribution in [0, 0.1) is 0 Å². The fourth-order valence-corrected chi connectivity index (χ4v) is 6.89. The van der Waals surface area contributed by atoms with Crippen LogP contribution in [0.4, 0.5) is 0 Å². The molecule has 0 saturated heterocycles. The largest absolute Gasteiger partial charge is 0.504 e. The van der Waals surface area contributed by atoms with Crippen molar-refractivity contribution in [3.05, 3.63) is 43.7 Å². The number of carbonyl (C=O) groups is 1. The Morgan fingerprint density at radius 1 is 0.750 bits per heavy atom. The molecule has 10 heteroatoms. The van der Waals surface area contributed by atoms with Crippen LogP contribution in [0.1, 0.15) is 30.9 Å². The van der Waals surface area contributed by atoms with E-state index in [1.807, 2.05) is 0 Å². The van der Waals surface area contributed by atoms with Crippen molar-refractivity contribution < 1.29 is 39.1 Å². The highest BCUT2D eigenvalue weighted by atomic mass is 16.5. The van der Waals surface area contributed by atoms with Gasteiger partial charge in [0.2, 0.25) is 0 Å². The number of carbonyl (C=O) groups excluding carboxylic acids is 1. The zero-order valence-electron chi connectivity index (χ0n) is 22.6. The maximum Gasteiger partial charge on any atom is 0.194 e. The number of Topliss-reactive ketones (excluding diaryl/α,β-unsaturated/α-hetero) is 1. The minimum atomic E-state index is -1.78. The fraction of sp³-hybridized carbons (Fsp3) is 0.300. The van der Waals surface area contributed by atoms with E-state index >= 15 is 0 Å². The number of hydrogen-bond donors (Lipinski definition) is 3. The molecule has 5 aromatic carbocycles. The van der Waals surface area contributed by atoms with E-state index in [1.54, 1.807) is 0 Å². The SMILES string of the molecule is COc1c(O)c2c(=O)cc(OC)c3c4c(OC)cc(=O)c5c(O)c(OC)c6c(c(c1C[C@](C)(O)C6C(C)=O)c23)c54. The summed E-state index contributed by atoms with van der Waals surface area (Å²) in [6.45, 7) is 2.78. The first kappa shape index (κ1) is 25.7. The highest BCUT2D eigenvalue weighted by molar-refractivity contribution is 6.39. The Balaban J connectivity index is 2.20. The van der Waals surface area contributed by atoms with E-state index in [4.69, 9.17) is 18.9 Å². The average molecular weight is 547 g/mol. The fourth-order valence-electron chi connectivity index (χ4n) is 6.89. The van der Waals surface area contributed by atoms with Crippen LogP contribution >= 0.6 is 0 Å². The van der Waals surface area contributed by atoms with E-state index < -0.39 is 39.7 Å². The van der Waals surface area contributed by atoms with Crippen molar-refractivity contribution in [2.45, 2.75) is 31.8 Å². The third kappa shape index (κ3) is 2.88. The molecule has 0 aliphatic heterocycles. The number of aromatic hydroxyl groups is 2. The summed E-state index contributed by atoms with van der Waals surface area (Å²) in [4.78, 5) is 40.3. The lowest BCUT2D eigenvalue weighted by atomic mass is 9.77. The van der Waals surface area contributed by atoms with Gasteiger partial charge in [0.1, 0.15) is 17.3 Å². The molecule has 2 atom stereocenters. The molecule has 0 fully saturated rings. The van der Waals surface area contributed by atoms with E-state index in [2.05, 4.69) is 0 Å². The van der Waals surface area contributed by atoms with Gasteiger partial charge in [0, 0.05) is 51.2 Å². The molecule has 1 aliphatic carbocycles. The third-order valence-corrected chi connectivity index (χ3v) is 8.20. The number of phenolic OH excluding ortho intramolecular Hbond substituents is 2. The predicted octanol–water partition coefficient (Wildman–Crippen LogP) is 3.32. The first-order valence-electron chi connectivity index (χ1n) is 12.5. The summed E-state index contributed by atoms with van der Waals surface area (Å²) in [5.41, 5.74) is -2.45. The highest BCUT2D eigenvalue weighted by Gasteiger charge is 2.46. The van der Waals surface area contributed by atoms with E-state index in [1.165, 1.54) is 54.4 Å². The molecule has 206 valence electrons. The normalized spacial score (nSPS) is 18.6. The van der Waals surface area contributed by atoms with Crippen LogP contribution in [0.15, 0.2) is 21.7 Å². The first-order chi connectivity index (χ1) is 18.9. The van der Waals surface area contributed by atoms with Crippen LogP contribution in [0.25, 0.3) is 43.1 Å². The maximum atomic E-state index is 13.5. The van der Waals surface area contributed by atoms with Crippen LogP contribution in [0.5, 0.6) is 34.5 Å². The van der Waals surface area contributed by atoms with Crippen molar-refractivity contribution in [2.24, 2.45) is 0 Å². The number of phenols is 2. The second-order valence-electron chi connectivity index (χ2n) is 10.4. The molecular weight excluding hydrogens is 520 g/mol. The van der Waals surface area contributed by atoms with Crippen molar-refractivity contribution in [3.8, 4) is 34.5 Å². The average Bonchev–Trinajstić information content (AvgIpc) is 2.99. The first-order valence-corrected chi connectivity index (χ1v) is 12.5. The summed E-state index contributed by atoms with van der Waals surface area (Å²) in [6.07, 6.45) is -0.187. The van der Waals surface area contributed by atoms with Gasteiger partial charge in [0.25, 0.3) is 0 Å². The quantitative estimate of drug-likeness (QED) is 0.221. The lowest BCUT2D eigenvalue weighted by Crippen LogP contribution is -2.38. The van der Waals surface area contributed by atoms with Crippen LogP contribution in [0.2, 0.25) is 0 Å². The second kappa shape index (κ2) is 8.22. The van der Waals surface area contributed by atoms with Gasteiger partial charge in [-0.3, -0.25) is 14.4 Å². The molecule has 5 aromatic rings. The smallest absolute Gasteiger partial charge is 0.194 e. The van der Waals surface area contributed by atoms with Gasteiger partial charge in [-0.05, 0) is 24.6 Å². The number of benzene rings is 5. The number of fused-ring (bicyclic) bond motifs is 1. The topological polar surface area (TPSA) is 149 Å². The Bertz CT molecular complexity index is 2040. The van der Waals surface area contributed by atoms with Crippen molar-refractivity contribution in [1.82, 2.24) is 0 Å². The summed E-state index contributed by atoms with van der Waals surface area (Å²) in [7, 11) is 5.37. The van der Waals surface area contributed by atoms with Crippen LogP contribution in [-0.4, -0.2) is 55.1 Å². The molecular formula is C30H26O10. The van der Waals surface area contributed by atoms with Crippen molar-refractivity contribution in [1.29, 1.82) is 0 Å². The number of hydrogen-bond acceptors (Lipinski definition) is 10. The number of methoxy groups -OCH3 is 4. The minimum absolute atomic E-state index is 0.0555. The molecule has 0 aromatic heterocycles. The van der Waals surface area contributed by atoms with Crippen LogP contribution < -0.4 is 29.8 Å². The molecule has 10 nitrogen and oxygen atoms in total. The predicted molar refractivity (Wildman–Crippen MR) is 149 cm³/mol. The molecule has 6 rings (SSSR count). The van der Waals surface area contributed by atoms with Gasteiger partial charge in [-0.25, -0.2) is 0 Å². The van der Waals surface area contributed by atoms with E-state index in [0.717, 1.165) is 0 Å².